The van der Waals surface area contributed by atoms with E-state index in [9.17, 15) is 27.2 Å². The van der Waals surface area contributed by atoms with Crippen LogP contribution in [0, 0.1) is 23.5 Å². The van der Waals surface area contributed by atoms with E-state index < -0.39 is 29.4 Å². The molecule has 10 heteroatoms. The van der Waals surface area contributed by atoms with Crippen LogP contribution in [0.3, 0.4) is 0 Å². The fourth-order valence-electron chi connectivity index (χ4n) is 4.27. The minimum absolute atomic E-state index is 0.0943. The Morgan fingerprint density at radius 3 is 2.66 bits per heavy atom. The molecule has 1 amide bonds. The highest BCUT2D eigenvalue weighted by Gasteiger charge is 2.47. The van der Waals surface area contributed by atoms with Crippen molar-refractivity contribution in [1.29, 1.82) is 0 Å². The number of rotatable bonds is 6. The van der Waals surface area contributed by atoms with Crippen molar-refractivity contribution in [2.24, 2.45) is 11.8 Å². The summed E-state index contributed by atoms with van der Waals surface area (Å²) in [6, 6.07) is 8.44. The molecule has 1 saturated carbocycles. The summed E-state index contributed by atoms with van der Waals surface area (Å²) in [4.78, 5) is 30.6. The lowest BCUT2D eigenvalue weighted by molar-refractivity contribution is -0.124. The Hall–Kier alpha value is -3.69. The van der Waals surface area contributed by atoms with Gasteiger partial charge in [-0.15, -0.1) is 0 Å². The van der Waals surface area contributed by atoms with Gasteiger partial charge in [-0.1, -0.05) is 13.0 Å². The second-order valence-electron chi connectivity index (χ2n) is 8.67. The third kappa shape index (κ3) is 5.70. The lowest BCUT2D eigenvalue weighted by Gasteiger charge is -2.38. The van der Waals surface area contributed by atoms with E-state index in [1.54, 1.807) is 6.92 Å². The Balaban J connectivity index is 1.39. The molecule has 0 bridgehead atoms. The maximum Gasteiger partial charge on any atom is 0.254 e. The van der Waals surface area contributed by atoms with Crippen LogP contribution in [0.25, 0.3) is 0 Å². The number of amides is 1. The number of pyridine rings is 2. The second-order valence-corrected chi connectivity index (χ2v) is 8.67. The molecule has 3 aromatic rings. The van der Waals surface area contributed by atoms with E-state index in [0.717, 1.165) is 12.1 Å². The summed E-state index contributed by atoms with van der Waals surface area (Å²) in [5, 5.41) is 2.67. The number of aromatic nitrogens is 2. The molecule has 1 aliphatic rings. The number of anilines is 1. The van der Waals surface area contributed by atoms with Crippen LogP contribution in [0.5, 0.6) is 11.5 Å². The standard InChI is InChI=1S/C25H23F4N3O3/c1-14(15-8-9-25(28,29)19(10-15)16-2-7-23(33)31-12-16)24(34)32-22-6-4-18(13-30-22)35-21-5-3-17(26)11-20(21)27/h2-7,11-15,19H,8-10H2,1H3,(H,31,33)(H,30,32,34)/t14-,15+,19-/m1/s1. The fourth-order valence-corrected chi connectivity index (χ4v) is 4.27. The summed E-state index contributed by atoms with van der Waals surface area (Å²) < 4.78 is 61.4. The maximum absolute atomic E-state index is 14.6. The highest BCUT2D eigenvalue weighted by atomic mass is 19.3. The zero-order chi connectivity index (χ0) is 25.2. The van der Waals surface area contributed by atoms with Gasteiger partial charge in [0, 0.05) is 36.6 Å². The zero-order valence-corrected chi connectivity index (χ0v) is 18.7. The van der Waals surface area contributed by atoms with Crippen molar-refractivity contribution in [2.75, 3.05) is 5.32 Å². The number of nitrogens with zero attached hydrogens (tertiary/aromatic N) is 1. The van der Waals surface area contributed by atoms with Crippen LogP contribution in [0.1, 0.15) is 37.7 Å². The Bertz CT molecular complexity index is 1240. The van der Waals surface area contributed by atoms with Gasteiger partial charge in [0.05, 0.1) is 6.20 Å². The monoisotopic (exact) mass is 489 g/mol. The van der Waals surface area contributed by atoms with Crippen molar-refractivity contribution in [3.05, 3.63) is 82.4 Å². The first-order chi connectivity index (χ1) is 16.6. The number of hydrogen-bond donors (Lipinski definition) is 2. The van der Waals surface area contributed by atoms with Crippen LogP contribution in [-0.4, -0.2) is 21.8 Å². The minimum Gasteiger partial charge on any atom is -0.453 e. The van der Waals surface area contributed by atoms with Gasteiger partial charge < -0.3 is 15.0 Å². The number of carbonyl (C=O) groups is 1. The molecule has 35 heavy (non-hydrogen) atoms. The number of ether oxygens (including phenoxy) is 1. The lowest BCUT2D eigenvalue weighted by atomic mass is 9.71. The number of aromatic amines is 1. The Labute approximate surface area is 198 Å². The molecule has 1 aliphatic carbocycles. The molecule has 2 N–H and O–H groups in total. The molecule has 0 spiro atoms. The first kappa shape index (κ1) is 24.4. The van der Waals surface area contributed by atoms with Gasteiger partial charge in [-0.25, -0.2) is 22.5 Å². The van der Waals surface area contributed by atoms with E-state index in [1.165, 1.54) is 36.7 Å². The number of halogens is 4. The molecule has 2 heterocycles. The van der Waals surface area contributed by atoms with Gasteiger partial charge in [0.15, 0.2) is 11.6 Å². The van der Waals surface area contributed by atoms with E-state index in [0.29, 0.717) is 11.6 Å². The molecule has 6 nitrogen and oxygen atoms in total. The summed E-state index contributed by atoms with van der Waals surface area (Å²) in [5.74, 6) is -6.65. The largest absolute Gasteiger partial charge is 0.453 e. The van der Waals surface area contributed by atoms with Crippen LogP contribution in [0.4, 0.5) is 23.4 Å². The summed E-state index contributed by atoms with van der Waals surface area (Å²) >= 11 is 0. The van der Waals surface area contributed by atoms with Gasteiger partial charge in [0.2, 0.25) is 11.5 Å². The first-order valence-corrected chi connectivity index (χ1v) is 11.1. The molecule has 3 atom stereocenters. The molecular weight excluding hydrogens is 466 g/mol. The van der Waals surface area contributed by atoms with Crippen molar-refractivity contribution < 1.29 is 27.1 Å². The van der Waals surface area contributed by atoms with Gasteiger partial charge in [-0.2, -0.15) is 0 Å². The molecule has 0 saturated heterocycles. The Morgan fingerprint density at radius 1 is 1.20 bits per heavy atom. The molecule has 0 aliphatic heterocycles. The predicted molar refractivity (Wildman–Crippen MR) is 121 cm³/mol. The molecule has 0 unspecified atom stereocenters. The summed E-state index contributed by atoms with van der Waals surface area (Å²) in [5.41, 5.74) is -0.0364. The van der Waals surface area contributed by atoms with Crippen LogP contribution in [-0.2, 0) is 4.79 Å². The van der Waals surface area contributed by atoms with Crippen LogP contribution < -0.4 is 15.6 Å². The summed E-state index contributed by atoms with van der Waals surface area (Å²) in [6.45, 7) is 1.68. The van der Waals surface area contributed by atoms with Crippen LogP contribution in [0.15, 0.2) is 59.7 Å². The molecular formula is C25H23F4N3O3. The van der Waals surface area contributed by atoms with E-state index in [1.807, 2.05) is 0 Å². The molecule has 1 aromatic carbocycles. The van der Waals surface area contributed by atoms with Crippen molar-refractivity contribution in [1.82, 2.24) is 9.97 Å². The zero-order valence-electron chi connectivity index (χ0n) is 18.7. The number of H-pyrrole nitrogens is 1. The van der Waals surface area contributed by atoms with Gasteiger partial charge in [0.25, 0.3) is 5.92 Å². The minimum atomic E-state index is -2.94. The van der Waals surface area contributed by atoms with Crippen LogP contribution >= 0.6 is 0 Å². The van der Waals surface area contributed by atoms with Gasteiger partial charge >= 0.3 is 0 Å². The molecule has 2 aromatic heterocycles. The normalized spacial score (nSPS) is 20.1. The van der Waals surface area contributed by atoms with E-state index in [-0.39, 0.29) is 54.0 Å². The first-order valence-electron chi connectivity index (χ1n) is 11.1. The quantitative estimate of drug-likeness (QED) is 0.440. The number of nitrogens with one attached hydrogen (secondary N) is 2. The van der Waals surface area contributed by atoms with Gasteiger partial charge in [0.1, 0.15) is 17.4 Å². The molecule has 1 fully saturated rings. The average Bonchev–Trinajstić information content (AvgIpc) is 2.82. The Morgan fingerprint density at radius 2 is 2.00 bits per heavy atom. The van der Waals surface area contributed by atoms with Crippen LogP contribution in [0.2, 0.25) is 0 Å². The number of benzene rings is 1. The third-order valence-corrected chi connectivity index (χ3v) is 6.34. The molecule has 4 rings (SSSR count). The summed E-state index contributed by atoms with van der Waals surface area (Å²) in [6.07, 6.45) is 2.50. The van der Waals surface area contributed by atoms with E-state index in [4.69, 9.17) is 4.74 Å². The van der Waals surface area contributed by atoms with Crippen molar-refractivity contribution >= 4 is 11.7 Å². The predicted octanol–water partition coefficient (Wildman–Crippen LogP) is 5.63. The smallest absolute Gasteiger partial charge is 0.254 e. The lowest BCUT2D eigenvalue weighted by Crippen LogP contribution is -2.38. The number of alkyl halides is 2. The van der Waals surface area contributed by atoms with Crippen molar-refractivity contribution in [3.63, 3.8) is 0 Å². The highest BCUT2D eigenvalue weighted by molar-refractivity contribution is 5.91. The summed E-state index contributed by atoms with van der Waals surface area (Å²) in [7, 11) is 0. The number of carbonyl (C=O) groups excluding carboxylic acids is 1. The van der Waals surface area contributed by atoms with Crippen molar-refractivity contribution in [3.8, 4) is 11.5 Å². The van der Waals surface area contributed by atoms with Gasteiger partial charge in [-0.3, -0.25) is 9.59 Å². The molecule has 0 radical (unpaired) electrons. The maximum atomic E-state index is 14.6. The van der Waals surface area contributed by atoms with E-state index in [2.05, 4.69) is 15.3 Å². The van der Waals surface area contributed by atoms with Gasteiger partial charge in [-0.05, 0) is 48.6 Å². The Kier molecular flexibility index (Phi) is 6.90. The van der Waals surface area contributed by atoms with E-state index >= 15 is 0 Å². The average molecular weight is 489 g/mol. The highest BCUT2D eigenvalue weighted by Crippen LogP contribution is 2.48. The van der Waals surface area contributed by atoms with Crippen molar-refractivity contribution in [2.45, 2.75) is 38.0 Å². The SMILES string of the molecule is C[C@@H](C(=O)Nc1ccc(Oc2ccc(F)cc2F)cn1)[C@H]1CCC(F)(F)[C@@H](c2ccc(=O)[nH]c2)C1. The second kappa shape index (κ2) is 9.89. The topological polar surface area (TPSA) is 84.1 Å². The molecule has 184 valence electrons. The number of hydrogen-bond acceptors (Lipinski definition) is 4. The third-order valence-electron chi connectivity index (χ3n) is 6.34. The fraction of sp³-hybridized carbons (Fsp3) is 0.320.